The number of aliphatic carboxylic acids is 1. The molecule has 0 fully saturated rings. The number of carbonyl (C=O) groups is 1. The first-order valence-corrected chi connectivity index (χ1v) is 7.08. The zero-order valence-electron chi connectivity index (χ0n) is 11.3. The summed E-state index contributed by atoms with van der Waals surface area (Å²) >= 11 is 3.16. The van der Waals surface area contributed by atoms with Crippen LogP contribution in [0.5, 0.6) is 5.75 Å². The molecule has 0 aromatic heterocycles. The van der Waals surface area contributed by atoms with Gasteiger partial charge in [-0.05, 0) is 31.0 Å². The highest BCUT2D eigenvalue weighted by molar-refractivity contribution is 9.10. The fourth-order valence-electron chi connectivity index (χ4n) is 1.99. The van der Waals surface area contributed by atoms with Crippen molar-refractivity contribution in [1.82, 2.24) is 0 Å². The Morgan fingerprint density at radius 3 is 2.70 bits per heavy atom. The smallest absolute Gasteiger partial charge is 0.303 e. The third kappa shape index (κ3) is 4.74. The van der Waals surface area contributed by atoms with Crippen LogP contribution in [0.2, 0.25) is 0 Å². The van der Waals surface area contributed by atoms with E-state index in [0.717, 1.165) is 0 Å². The van der Waals surface area contributed by atoms with Crippen molar-refractivity contribution in [3.05, 3.63) is 28.2 Å². The van der Waals surface area contributed by atoms with E-state index in [1.54, 1.807) is 13.0 Å². The van der Waals surface area contributed by atoms with E-state index in [-0.39, 0.29) is 24.3 Å². The first kappa shape index (κ1) is 16.9. The molecule has 1 aromatic rings. The summed E-state index contributed by atoms with van der Waals surface area (Å²) < 4.78 is 34.4. The normalized spacial score (nSPS) is 13.1. The lowest BCUT2D eigenvalue weighted by atomic mass is 9.94. The summed E-state index contributed by atoms with van der Waals surface area (Å²) in [6.07, 6.45) is -0.816. The number of alkyl halides is 2. The molecule has 1 rings (SSSR count). The number of hydrogen-bond acceptors (Lipinski definition) is 2. The molecule has 112 valence electrons. The number of carboxylic acids is 1. The summed E-state index contributed by atoms with van der Waals surface area (Å²) in [4.78, 5) is 10.6. The van der Waals surface area contributed by atoms with Crippen molar-refractivity contribution in [2.45, 2.75) is 32.6 Å². The van der Waals surface area contributed by atoms with Gasteiger partial charge in [-0.15, -0.1) is 0 Å². The Kier molecular flexibility index (Phi) is 5.92. The summed E-state index contributed by atoms with van der Waals surface area (Å²) in [5, 5.41) is 8.66. The lowest BCUT2D eigenvalue weighted by molar-refractivity contribution is -0.138. The average Bonchev–Trinajstić information content (AvgIpc) is 2.29. The quantitative estimate of drug-likeness (QED) is 0.790. The van der Waals surface area contributed by atoms with E-state index in [0.29, 0.717) is 4.47 Å². The number of carboxylic acid groups (broad SMARTS) is 1. The number of hydrogen-bond donors (Lipinski definition) is 1. The van der Waals surface area contributed by atoms with Crippen molar-refractivity contribution in [1.29, 1.82) is 0 Å². The van der Waals surface area contributed by atoms with Crippen LogP contribution in [0, 0.1) is 5.92 Å². The third-order valence-corrected chi connectivity index (χ3v) is 3.26. The Morgan fingerprint density at radius 1 is 1.50 bits per heavy atom. The van der Waals surface area contributed by atoms with E-state index >= 15 is 0 Å². The molecule has 0 aliphatic heterocycles. The standard InChI is InChI=1S/C14H17BrF2O3/c1-3-20-12-5-4-10(15)7-11(12)14(16,17)8-9(2)6-13(18)19/h4-5,7,9H,3,6,8H2,1-2H3,(H,18,19). The van der Waals surface area contributed by atoms with Crippen molar-refractivity contribution < 1.29 is 23.4 Å². The molecule has 0 heterocycles. The van der Waals surface area contributed by atoms with Crippen molar-refractivity contribution in [2.24, 2.45) is 5.92 Å². The van der Waals surface area contributed by atoms with Gasteiger partial charge in [-0.25, -0.2) is 8.78 Å². The average molecular weight is 351 g/mol. The molecule has 0 bridgehead atoms. The Morgan fingerprint density at radius 2 is 2.15 bits per heavy atom. The first-order valence-electron chi connectivity index (χ1n) is 6.28. The molecule has 1 unspecified atom stereocenters. The summed E-state index contributed by atoms with van der Waals surface area (Å²) in [6.45, 7) is 3.51. The molecule has 1 aromatic carbocycles. The largest absolute Gasteiger partial charge is 0.493 e. The van der Waals surface area contributed by atoms with E-state index < -0.39 is 24.2 Å². The number of benzene rings is 1. The minimum absolute atomic E-state index is 0.128. The first-order chi connectivity index (χ1) is 9.26. The van der Waals surface area contributed by atoms with E-state index in [9.17, 15) is 13.6 Å². The van der Waals surface area contributed by atoms with Crippen LogP contribution in [0.3, 0.4) is 0 Å². The zero-order chi connectivity index (χ0) is 15.3. The van der Waals surface area contributed by atoms with Crippen molar-refractivity contribution >= 4 is 21.9 Å². The van der Waals surface area contributed by atoms with Gasteiger partial charge in [-0.3, -0.25) is 4.79 Å². The second-order valence-electron chi connectivity index (χ2n) is 4.69. The van der Waals surface area contributed by atoms with E-state index in [4.69, 9.17) is 9.84 Å². The molecular formula is C14H17BrF2O3. The summed E-state index contributed by atoms with van der Waals surface area (Å²) in [6, 6.07) is 4.43. The zero-order valence-corrected chi connectivity index (χ0v) is 12.9. The number of ether oxygens (including phenoxy) is 1. The molecule has 20 heavy (non-hydrogen) atoms. The minimum Gasteiger partial charge on any atom is -0.493 e. The third-order valence-electron chi connectivity index (χ3n) is 2.76. The van der Waals surface area contributed by atoms with Crippen LogP contribution in [0.4, 0.5) is 8.78 Å². The lowest BCUT2D eigenvalue weighted by Crippen LogP contribution is -2.20. The Balaban J connectivity index is 3.00. The minimum atomic E-state index is -3.14. The highest BCUT2D eigenvalue weighted by Gasteiger charge is 2.37. The van der Waals surface area contributed by atoms with E-state index in [1.807, 2.05) is 0 Å². The molecule has 3 nitrogen and oxygen atoms in total. The molecule has 0 saturated carbocycles. The van der Waals surface area contributed by atoms with Crippen LogP contribution in [-0.4, -0.2) is 17.7 Å². The van der Waals surface area contributed by atoms with E-state index in [2.05, 4.69) is 15.9 Å². The fraction of sp³-hybridized carbons (Fsp3) is 0.500. The predicted molar refractivity (Wildman–Crippen MR) is 75.2 cm³/mol. The topological polar surface area (TPSA) is 46.5 Å². The molecule has 1 N–H and O–H groups in total. The predicted octanol–water partition coefficient (Wildman–Crippen LogP) is 4.44. The maximum absolute atomic E-state index is 14.3. The molecule has 0 saturated heterocycles. The van der Waals surface area contributed by atoms with Crippen LogP contribution in [-0.2, 0) is 10.7 Å². The molecule has 6 heteroatoms. The van der Waals surface area contributed by atoms with Gasteiger partial charge in [0.1, 0.15) is 5.75 Å². The van der Waals surface area contributed by atoms with Gasteiger partial charge in [-0.2, -0.15) is 0 Å². The Hall–Kier alpha value is -1.17. The molecule has 0 spiro atoms. The van der Waals surface area contributed by atoms with Gasteiger partial charge < -0.3 is 9.84 Å². The molecule has 0 aliphatic rings. The van der Waals surface area contributed by atoms with Crippen LogP contribution in [0.15, 0.2) is 22.7 Å². The molecule has 0 radical (unpaired) electrons. The van der Waals surface area contributed by atoms with Gasteiger partial charge in [-0.1, -0.05) is 22.9 Å². The molecular weight excluding hydrogens is 334 g/mol. The van der Waals surface area contributed by atoms with Crippen molar-refractivity contribution in [3.8, 4) is 5.75 Å². The van der Waals surface area contributed by atoms with Gasteiger partial charge in [0.25, 0.3) is 5.92 Å². The van der Waals surface area contributed by atoms with Crippen LogP contribution in [0.25, 0.3) is 0 Å². The van der Waals surface area contributed by atoms with Crippen molar-refractivity contribution in [3.63, 3.8) is 0 Å². The summed E-state index contributed by atoms with van der Waals surface area (Å²) in [7, 11) is 0. The second kappa shape index (κ2) is 7.02. The van der Waals surface area contributed by atoms with Crippen molar-refractivity contribution in [2.75, 3.05) is 6.61 Å². The van der Waals surface area contributed by atoms with Gasteiger partial charge in [0.05, 0.1) is 12.2 Å². The highest BCUT2D eigenvalue weighted by atomic mass is 79.9. The SMILES string of the molecule is CCOc1ccc(Br)cc1C(F)(F)CC(C)CC(=O)O. The fourth-order valence-corrected chi connectivity index (χ4v) is 2.35. The van der Waals surface area contributed by atoms with Gasteiger partial charge in [0, 0.05) is 17.3 Å². The van der Waals surface area contributed by atoms with Crippen LogP contribution < -0.4 is 4.74 Å². The number of halogens is 3. The Labute approximate surface area is 125 Å². The van der Waals surface area contributed by atoms with Gasteiger partial charge >= 0.3 is 5.97 Å². The van der Waals surface area contributed by atoms with Gasteiger partial charge in [0.2, 0.25) is 0 Å². The van der Waals surface area contributed by atoms with Crippen LogP contribution >= 0.6 is 15.9 Å². The molecule has 0 aliphatic carbocycles. The molecule has 0 amide bonds. The van der Waals surface area contributed by atoms with E-state index in [1.165, 1.54) is 19.1 Å². The maximum atomic E-state index is 14.3. The lowest BCUT2D eigenvalue weighted by Gasteiger charge is -2.22. The van der Waals surface area contributed by atoms with Crippen LogP contribution in [0.1, 0.15) is 32.3 Å². The highest BCUT2D eigenvalue weighted by Crippen LogP contribution is 2.41. The summed E-state index contributed by atoms with van der Waals surface area (Å²) in [5.74, 6) is -4.71. The number of rotatable bonds is 7. The Bertz CT molecular complexity index is 477. The second-order valence-corrected chi connectivity index (χ2v) is 5.60. The monoisotopic (exact) mass is 350 g/mol. The maximum Gasteiger partial charge on any atom is 0.303 e. The van der Waals surface area contributed by atoms with Gasteiger partial charge in [0.15, 0.2) is 0 Å². The molecule has 1 atom stereocenters. The summed E-state index contributed by atoms with van der Waals surface area (Å²) in [5.41, 5.74) is -0.217.